The van der Waals surface area contributed by atoms with Crippen LogP contribution in [0.25, 0.3) is 10.9 Å². The molecule has 2 heterocycles. The third-order valence-electron chi connectivity index (χ3n) is 5.53. The van der Waals surface area contributed by atoms with Gasteiger partial charge in [-0.25, -0.2) is 9.97 Å². The Balaban J connectivity index is 0.00000112. The first-order valence-corrected chi connectivity index (χ1v) is 9.47. The molecule has 1 aromatic carbocycles. The highest BCUT2D eigenvalue weighted by molar-refractivity contribution is 5.85. The van der Waals surface area contributed by atoms with Gasteiger partial charge in [0.25, 0.3) is 0 Å². The van der Waals surface area contributed by atoms with Crippen LogP contribution in [0.5, 0.6) is 0 Å². The number of fused-ring (bicyclic) bond motifs is 1. The zero-order chi connectivity index (χ0) is 17.7. The van der Waals surface area contributed by atoms with E-state index in [0.29, 0.717) is 24.4 Å². The summed E-state index contributed by atoms with van der Waals surface area (Å²) in [5, 5.41) is 12.2. The maximum Gasteiger partial charge on any atom is 0.134 e. The number of hydrogen-bond donors (Lipinski definition) is 3. The molecule has 5 rings (SSSR count). The molecule has 6 nitrogen and oxygen atoms in total. The van der Waals surface area contributed by atoms with E-state index in [1.165, 1.54) is 23.8 Å². The number of halogens is 2. The zero-order valence-electron chi connectivity index (χ0n) is 15.8. The van der Waals surface area contributed by atoms with E-state index in [1.54, 1.807) is 0 Å². The van der Waals surface area contributed by atoms with Gasteiger partial charge in [0.1, 0.15) is 11.6 Å². The Labute approximate surface area is 176 Å². The fourth-order valence-electron chi connectivity index (χ4n) is 3.70. The van der Waals surface area contributed by atoms with Crippen LogP contribution in [0, 0.1) is 6.92 Å². The van der Waals surface area contributed by atoms with Crippen molar-refractivity contribution in [2.24, 2.45) is 5.73 Å². The molecule has 2 fully saturated rings. The predicted molar refractivity (Wildman–Crippen MR) is 117 cm³/mol. The molecule has 0 atom stereocenters. The lowest BCUT2D eigenvalue weighted by Gasteiger charge is -2.32. The lowest BCUT2D eigenvalue weighted by Crippen LogP contribution is -2.35. The second kappa shape index (κ2) is 8.23. The maximum absolute atomic E-state index is 5.97. The van der Waals surface area contributed by atoms with Gasteiger partial charge in [0.15, 0.2) is 0 Å². The summed E-state index contributed by atoms with van der Waals surface area (Å²) < 4.78 is 0. The number of hydrogen-bond acceptors (Lipinski definition) is 5. The first-order chi connectivity index (χ1) is 12.7. The molecule has 2 aliphatic rings. The molecule has 0 saturated heterocycles. The number of H-pyrrole nitrogens is 1. The van der Waals surface area contributed by atoms with Crippen molar-refractivity contribution in [2.45, 2.75) is 57.0 Å². The van der Waals surface area contributed by atoms with Gasteiger partial charge in [0, 0.05) is 35.0 Å². The summed E-state index contributed by atoms with van der Waals surface area (Å²) in [6.07, 6.45) is 4.48. The van der Waals surface area contributed by atoms with Gasteiger partial charge in [-0.05, 0) is 44.7 Å². The molecule has 0 aliphatic heterocycles. The van der Waals surface area contributed by atoms with Crippen molar-refractivity contribution in [3.63, 3.8) is 0 Å². The lowest BCUT2D eigenvalue weighted by molar-refractivity contribution is 0.344. The predicted octanol–water partition coefficient (Wildman–Crippen LogP) is 4.20. The highest BCUT2D eigenvalue weighted by atomic mass is 35.5. The molecule has 2 aliphatic carbocycles. The number of aromatic amines is 1. The number of aromatic nitrogens is 4. The minimum Gasteiger partial charge on any atom is -0.364 e. The van der Waals surface area contributed by atoms with Gasteiger partial charge in [-0.15, -0.1) is 24.8 Å². The average Bonchev–Trinajstić information content (AvgIpc) is 3.39. The van der Waals surface area contributed by atoms with Gasteiger partial charge >= 0.3 is 0 Å². The van der Waals surface area contributed by atoms with Gasteiger partial charge in [-0.2, -0.15) is 5.10 Å². The number of nitrogens with one attached hydrogen (secondary N) is 2. The van der Waals surface area contributed by atoms with Crippen LogP contribution in [0.1, 0.15) is 60.3 Å². The summed E-state index contributed by atoms with van der Waals surface area (Å²) in [5.74, 6) is 2.94. The summed E-state index contributed by atoms with van der Waals surface area (Å²) in [5.41, 5.74) is 10.4. The van der Waals surface area contributed by atoms with E-state index in [-0.39, 0.29) is 24.8 Å². The third-order valence-corrected chi connectivity index (χ3v) is 5.53. The van der Waals surface area contributed by atoms with E-state index in [0.717, 1.165) is 41.4 Å². The molecule has 2 aromatic heterocycles. The minimum absolute atomic E-state index is 0. The van der Waals surface area contributed by atoms with Crippen molar-refractivity contribution in [1.82, 2.24) is 20.2 Å². The molecule has 0 radical (unpaired) electrons. The SMILES string of the molecule is Cc1ccc2n[nH]c(CNc3cc(C4CC(N)C4)nc(C4CC4)n3)c2c1.Cl.Cl. The molecule has 0 bridgehead atoms. The number of benzene rings is 1. The van der Waals surface area contributed by atoms with Crippen LogP contribution in [0.15, 0.2) is 24.3 Å². The van der Waals surface area contributed by atoms with E-state index < -0.39 is 0 Å². The second-order valence-electron chi connectivity index (χ2n) is 7.82. The van der Waals surface area contributed by atoms with E-state index in [9.17, 15) is 0 Å². The Morgan fingerprint density at radius 1 is 1.11 bits per heavy atom. The number of nitrogens with two attached hydrogens (primary N) is 1. The molecule has 28 heavy (non-hydrogen) atoms. The quantitative estimate of drug-likeness (QED) is 0.574. The van der Waals surface area contributed by atoms with E-state index in [1.807, 2.05) is 0 Å². The molecular weight excluding hydrogens is 395 g/mol. The van der Waals surface area contributed by atoms with Crippen molar-refractivity contribution in [2.75, 3.05) is 5.32 Å². The Hall–Kier alpha value is -1.89. The molecule has 150 valence electrons. The topological polar surface area (TPSA) is 92.5 Å². The van der Waals surface area contributed by atoms with Crippen molar-refractivity contribution < 1.29 is 0 Å². The van der Waals surface area contributed by atoms with Gasteiger partial charge in [0.05, 0.1) is 17.8 Å². The second-order valence-corrected chi connectivity index (χ2v) is 7.82. The molecule has 2 saturated carbocycles. The monoisotopic (exact) mass is 420 g/mol. The van der Waals surface area contributed by atoms with Gasteiger partial charge in [0.2, 0.25) is 0 Å². The first kappa shape index (κ1) is 20.8. The molecule has 0 spiro atoms. The summed E-state index contributed by atoms with van der Waals surface area (Å²) in [6, 6.07) is 8.75. The van der Waals surface area contributed by atoms with Crippen molar-refractivity contribution >= 4 is 41.5 Å². The normalized spacial score (nSPS) is 20.8. The van der Waals surface area contributed by atoms with Crippen molar-refractivity contribution in [3.05, 3.63) is 47.0 Å². The average molecular weight is 421 g/mol. The van der Waals surface area contributed by atoms with Crippen molar-refractivity contribution in [3.8, 4) is 0 Å². The van der Waals surface area contributed by atoms with Crippen LogP contribution < -0.4 is 11.1 Å². The molecule has 3 aromatic rings. The number of anilines is 1. The third kappa shape index (κ3) is 4.09. The van der Waals surface area contributed by atoms with Crippen LogP contribution in [0.2, 0.25) is 0 Å². The Bertz CT molecular complexity index is 962. The standard InChI is InChI=1S/C20H24N6.2ClH/c1-11-2-5-16-15(6-11)18(26-25-16)10-22-19-9-17(13-7-14(21)8-13)23-20(24-19)12-3-4-12;;/h2,5-6,9,12-14H,3-4,7-8,10,21H2,1H3,(H,25,26)(H,22,23,24);2*1H. The molecule has 4 N–H and O–H groups in total. The highest BCUT2D eigenvalue weighted by Crippen LogP contribution is 2.41. The fourth-order valence-corrected chi connectivity index (χ4v) is 3.70. The molecule has 0 unspecified atom stereocenters. The van der Waals surface area contributed by atoms with Crippen molar-refractivity contribution in [1.29, 1.82) is 0 Å². The summed E-state index contributed by atoms with van der Waals surface area (Å²) >= 11 is 0. The fraction of sp³-hybridized carbons (Fsp3) is 0.450. The summed E-state index contributed by atoms with van der Waals surface area (Å²) in [4.78, 5) is 9.60. The largest absolute Gasteiger partial charge is 0.364 e. The Morgan fingerprint density at radius 2 is 1.89 bits per heavy atom. The molecule has 0 amide bonds. The van der Waals surface area contributed by atoms with E-state index in [4.69, 9.17) is 15.7 Å². The Kier molecular flexibility index (Phi) is 6.12. The maximum atomic E-state index is 5.97. The summed E-state index contributed by atoms with van der Waals surface area (Å²) in [6.45, 7) is 2.77. The zero-order valence-corrected chi connectivity index (χ0v) is 17.4. The highest BCUT2D eigenvalue weighted by Gasteiger charge is 2.32. The van der Waals surface area contributed by atoms with Crippen LogP contribution >= 0.6 is 24.8 Å². The summed E-state index contributed by atoms with van der Waals surface area (Å²) in [7, 11) is 0. The molecular formula is C20H26Cl2N6. The van der Waals surface area contributed by atoms with Crippen LogP contribution in [-0.4, -0.2) is 26.2 Å². The van der Waals surface area contributed by atoms with Crippen LogP contribution in [0.3, 0.4) is 0 Å². The number of rotatable bonds is 5. The van der Waals surface area contributed by atoms with Gasteiger partial charge in [-0.3, -0.25) is 5.10 Å². The molecule has 8 heteroatoms. The number of nitrogens with zero attached hydrogens (tertiary/aromatic N) is 3. The first-order valence-electron chi connectivity index (χ1n) is 9.47. The van der Waals surface area contributed by atoms with E-state index in [2.05, 4.69) is 46.7 Å². The smallest absolute Gasteiger partial charge is 0.134 e. The lowest BCUT2D eigenvalue weighted by atomic mass is 9.78. The Morgan fingerprint density at radius 3 is 2.61 bits per heavy atom. The van der Waals surface area contributed by atoms with Gasteiger partial charge in [-0.1, -0.05) is 11.6 Å². The van der Waals surface area contributed by atoms with Crippen LogP contribution in [0.4, 0.5) is 5.82 Å². The van der Waals surface area contributed by atoms with Crippen LogP contribution in [-0.2, 0) is 6.54 Å². The number of aryl methyl sites for hydroxylation is 1. The van der Waals surface area contributed by atoms with E-state index >= 15 is 0 Å². The van der Waals surface area contributed by atoms with Gasteiger partial charge < -0.3 is 11.1 Å². The minimum atomic E-state index is 0.